The highest BCUT2D eigenvalue weighted by molar-refractivity contribution is 7.93. The van der Waals surface area contributed by atoms with Gasteiger partial charge in [0.1, 0.15) is 5.75 Å². The van der Waals surface area contributed by atoms with E-state index in [0.717, 1.165) is 11.6 Å². The highest BCUT2D eigenvalue weighted by Gasteiger charge is 2.46. The van der Waals surface area contributed by atoms with Gasteiger partial charge in [-0.05, 0) is 30.7 Å². The number of rotatable bonds is 4. The Balaban J connectivity index is 2.41. The van der Waals surface area contributed by atoms with Gasteiger partial charge < -0.3 is 4.74 Å². The van der Waals surface area contributed by atoms with E-state index in [-0.39, 0.29) is 16.5 Å². The Bertz CT molecular complexity index is 822. The van der Waals surface area contributed by atoms with Gasteiger partial charge in [0, 0.05) is 11.1 Å². The molecule has 2 aromatic rings. The second kappa shape index (κ2) is 6.29. The Kier molecular flexibility index (Phi) is 4.76. The number of para-hydroxylation sites is 1. The summed E-state index contributed by atoms with van der Waals surface area (Å²) < 4.78 is 67.0. The van der Waals surface area contributed by atoms with E-state index in [1.165, 1.54) is 16.9 Å². The lowest BCUT2D eigenvalue weighted by molar-refractivity contribution is -0.0429. The van der Waals surface area contributed by atoms with Gasteiger partial charge in [-0.2, -0.15) is 21.6 Å². The first-order chi connectivity index (χ1) is 10.6. The Morgan fingerprint density at radius 3 is 2.35 bits per heavy atom. The van der Waals surface area contributed by atoms with Crippen LogP contribution >= 0.6 is 11.6 Å². The van der Waals surface area contributed by atoms with Crippen LogP contribution in [0.3, 0.4) is 0 Å². The van der Waals surface area contributed by atoms with Gasteiger partial charge in [0.15, 0.2) is 5.75 Å². The van der Waals surface area contributed by atoms with Gasteiger partial charge >= 0.3 is 15.5 Å². The summed E-state index contributed by atoms with van der Waals surface area (Å²) in [5, 5.41) is 0.184. The van der Waals surface area contributed by atoms with Crippen LogP contribution in [-0.4, -0.2) is 13.9 Å². The van der Waals surface area contributed by atoms with Gasteiger partial charge in [-0.1, -0.05) is 29.8 Å². The van der Waals surface area contributed by atoms with Crippen LogP contribution in [-0.2, 0) is 10.0 Å². The Hall–Kier alpha value is -1.93. The Labute approximate surface area is 135 Å². The molecular formula is C14H11ClF3NO3S. The number of hydrogen-bond donors (Lipinski definition) is 1. The van der Waals surface area contributed by atoms with E-state index in [1.807, 2.05) is 0 Å². The third kappa shape index (κ3) is 4.08. The topological polar surface area (TPSA) is 55.4 Å². The molecule has 2 rings (SSSR count). The van der Waals surface area contributed by atoms with Crippen molar-refractivity contribution in [3.63, 3.8) is 0 Å². The molecule has 0 unspecified atom stereocenters. The van der Waals surface area contributed by atoms with Crippen LogP contribution < -0.4 is 9.46 Å². The average molecular weight is 366 g/mol. The number of alkyl halides is 3. The molecule has 0 fully saturated rings. The summed E-state index contributed by atoms with van der Waals surface area (Å²) in [5.74, 6) is 0.224. The van der Waals surface area contributed by atoms with Crippen molar-refractivity contribution in [1.82, 2.24) is 0 Å². The second-order valence-corrected chi connectivity index (χ2v) is 6.67. The van der Waals surface area contributed by atoms with Gasteiger partial charge in [0.05, 0.1) is 5.69 Å². The number of halogens is 4. The number of ether oxygens (including phenoxy) is 1. The number of hydrogen-bond acceptors (Lipinski definition) is 3. The van der Waals surface area contributed by atoms with Crippen molar-refractivity contribution < 1.29 is 26.3 Å². The van der Waals surface area contributed by atoms with E-state index in [0.29, 0.717) is 5.75 Å². The van der Waals surface area contributed by atoms with Crippen LogP contribution in [0.1, 0.15) is 5.56 Å². The summed E-state index contributed by atoms with van der Waals surface area (Å²) in [6.07, 6.45) is 0. The molecule has 23 heavy (non-hydrogen) atoms. The Morgan fingerprint density at radius 2 is 1.74 bits per heavy atom. The molecule has 0 saturated carbocycles. The summed E-state index contributed by atoms with van der Waals surface area (Å²) in [6, 6.07) is 10.3. The third-order valence-corrected chi connectivity index (χ3v) is 4.14. The lowest BCUT2D eigenvalue weighted by atomic mass is 10.2. The summed E-state index contributed by atoms with van der Waals surface area (Å²) in [7, 11) is -5.56. The number of anilines is 1. The fraction of sp³-hybridized carbons (Fsp3) is 0.143. The zero-order chi connectivity index (χ0) is 17.3. The molecule has 0 aliphatic rings. The molecule has 4 nitrogen and oxygen atoms in total. The van der Waals surface area contributed by atoms with E-state index in [2.05, 4.69) is 0 Å². The summed E-state index contributed by atoms with van der Waals surface area (Å²) in [5.41, 5.74) is -5.08. The molecule has 0 amide bonds. The minimum absolute atomic E-state index is 0.139. The maximum absolute atomic E-state index is 12.5. The predicted molar refractivity (Wildman–Crippen MR) is 81.3 cm³/mol. The molecular weight excluding hydrogens is 355 g/mol. The number of nitrogens with one attached hydrogen (secondary N) is 1. The first-order valence-electron chi connectivity index (χ1n) is 6.22. The lowest BCUT2D eigenvalue weighted by Gasteiger charge is -2.15. The largest absolute Gasteiger partial charge is 0.516 e. The highest BCUT2D eigenvalue weighted by atomic mass is 35.5. The predicted octanol–water partition coefficient (Wildman–Crippen LogP) is 4.70. The molecule has 0 aliphatic heterocycles. The monoisotopic (exact) mass is 365 g/mol. The van der Waals surface area contributed by atoms with Crippen LogP contribution in [0.25, 0.3) is 0 Å². The van der Waals surface area contributed by atoms with Crippen molar-refractivity contribution in [2.75, 3.05) is 4.72 Å². The summed E-state index contributed by atoms with van der Waals surface area (Å²) in [4.78, 5) is 0. The quantitative estimate of drug-likeness (QED) is 0.854. The molecule has 1 N–H and O–H groups in total. The van der Waals surface area contributed by atoms with Crippen molar-refractivity contribution >= 4 is 27.3 Å². The van der Waals surface area contributed by atoms with Crippen LogP contribution in [0, 0.1) is 6.92 Å². The van der Waals surface area contributed by atoms with Crippen molar-refractivity contribution in [3.05, 3.63) is 53.1 Å². The molecule has 9 heteroatoms. The fourth-order valence-electron chi connectivity index (χ4n) is 1.66. The van der Waals surface area contributed by atoms with Gasteiger partial charge in [-0.15, -0.1) is 0 Å². The minimum atomic E-state index is -5.56. The summed E-state index contributed by atoms with van der Waals surface area (Å²) in [6.45, 7) is 1.74. The zero-order valence-electron chi connectivity index (χ0n) is 11.7. The molecule has 0 aliphatic carbocycles. The Morgan fingerprint density at radius 1 is 1.09 bits per heavy atom. The molecule has 124 valence electrons. The fourth-order valence-corrected chi connectivity index (χ4v) is 2.39. The molecule has 0 radical (unpaired) electrons. The van der Waals surface area contributed by atoms with Crippen LogP contribution in [0.2, 0.25) is 5.02 Å². The van der Waals surface area contributed by atoms with Crippen molar-refractivity contribution in [2.24, 2.45) is 0 Å². The maximum Gasteiger partial charge on any atom is 0.516 e. The first-order valence-corrected chi connectivity index (χ1v) is 8.08. The van der Waals surface area contributed by atoms with E-state index in [1.54, 1.807) is 31.2 Å². The molecule has 0 heterocycles. The van der Waals surface area contributed by atoms with E-state index < -0.39 is 15.5 Å². The smallest absolute Gasteiger partial charge is 0.455 e. The van der Waals surface area contributed by atoms with E-state index >= 15 is 0 Å². The second-order valence-electron chi connectivity index (χ2n) is 4.56. The SMILES string of the molecule is Cc1ccccc1Oc1cc(Cl)ccc1NS(=O)(=O)C(F)(F)F. The first kappa shape index (κ1) is 17.4. The molecule has 0 saturated heterocycles. The molecule has 0 bridgehead atoms. The van der Waals surface area contributed by atoms with Crippen molar-refractivity contribution in [1.29, 1.82) is 0 Å². The number of aryl methyl sites for hydroxylation is 1. The third-order valence-electron chi connectivity index (χ3n) is 2.81. The number of benzene rings is 2. The minimum Gasteiger partial charge on any atom is -0.455 e. The lowest BCUT2D eigenvalue weighted by Crippen LogP contribution is -2.30. The van der Waals surface area contributed by atoms with Gasteiger partial charge in [0.25, 0.3) is 0 Å². The standard InChI is InChI=1S/C14H11ClF3NO3S/c1-9-4-2-3-5-12(9)22-13-8-10(15)6-7-11(13)19-23(20,21)14(16,17)18/h2-8,19H,1H3. The van der Waals surface area contributed by atoms with Gasteiger partial charge in [0.2, 0.25) is 0 Å². The average Bonchev–Trinajstić information content (AvgIpc) is 2.43. The van der Waals surface area contributed by atoms with E-state index in [4.69, 9.17) is 16.3 Å². The van der Waals surface area contributed by atoms with Crippen molar-refractivity contribution in [3.8, 4) is 11.5 Å². The molecule has 2 aromatic carbocycles. The van der Waals surface area contributed by atoms with Crippen LogP contribution in [0.15, 0.2) is 42.5 Å². The number of sulfonamides is 1. The normalized spacial score (nSPS) is 12.0. The molecule has 0 spiro atoms. The van der Waals surface area contributed by atoms with Gasteiger partial charge in [-0.25, -0.2) is 0 Å². The van der Waals surface area contributed by atoms with E-state index in [9.17, 15) is 21.6 Å². The maximum atomic E-state index is 12.5. The molecule has 0 atom stereocenters. The molecule has 0 aromatic heterocycles. The van der Waals surface area contributed by atoms with Crippen LogP contribution in [0.4, 0.5) is 18.9 Å². The zero-order valence-corrected chi connectivity index (χ0v) is 13.3. The van der Waals surface area contributed by atoms with Crippen LogP contribution in [0.5, 0.6) is 11.5 Å². The highest BCUT2D eigenvalue weighted by Crippen LogP contribution is 2.36. The summed E-state index contributed by atoms with van der Waals surface area (Å²) >= 11 is 5.80. The van der Waals surface area contributed by atoms with Gasteiger partial charge in [-0.3, -0.25) is 4.72 Å². The van der Waals surface area contributed by atoms with Crippen molar-refractivity contribution in [2.45, 2.75) is 12.4 Å².